The van der Waals surface area contributed by atoms with Crippen LogP contribution in [0.15, 0.2) is 12.3 Å². The molecule has 0 radical (unpaired) electrons. The molecule has 0 fully saturated rings. The van der Waals surface area contributed by atoms with E-state index in [-0.39, 0.29) is 0 Å². The van der Waals surface area contributed by atoms with Crippen molar-refractivity contribution in [1.29, 1.82) is 0 Å². The Morgan fingerprint density at radius 3 is 2.86 bits per heavy atom. The molecule has 0 saturated heterocycles. The zero-order valence-electron chi connectivity index (χ0n) is 8.95. The van der Waals surface area contributed by atoms with Crippen molar-refractivity contribution in [3.8, 4) is 0 Å². The SMILES string of the molecule is CCCc1c(N)ccnc1N(C)OC. The van der Waals surface area contributed by atoms with Crippen LogP contribution in [0.5, 0.6) is 0 Å². The van der Waals surface area contributed by atoms with Crippen LogP contribution in [0.25, 0.3) is 0 Å². The number of nitrogen functional groups attached to an aromatic ring is 1. The van der Waals surface area contributed by atoms with Gasteiger partial charge in [0, 0.05) is 24.5 Å². The maximum absolute atomic E-state index is 5.88. The first-order valence-corrected chi connectivity index (χ1v) is 4.71. The van der Waals surface area contributed by atoms with Crippen molar-refractivity contribution in [3.63, 3.8) is 0 Å². The molecule has 1 rings (SSSR count). The lowest BCUT2D eigenvalue weighted by Crippen LogP contribution is -2.18. The molecule has 0 unspecified atom stereocenters. The third kappa shape index (κ3) is 2.14. The molecule has 14 heavy (non-hydrogen) atoms. The van der Waals surface area contributed by atoms with Gasteiger partial charge >= 0.3 is 0 Å². The molecule has 4 heteroatoms. The van der Waals surface area contributed by atoms with Crippen LogP contribution in [-0.2, 0) is 11.3 Å². The highest BCUT2D eigenvalue weighted by atomic mass is 16.7. The number of nitrogens with two attached hydrogens (primary N) is 1. The molecule has 0 bridgehead atoms. The number of hydrogen-bond donors (Lipinski definition) is 1. The van der Waals surface area contributed by atoms with E-state index in [1.165, 1.54) is 0 Å². The van der Waals surface area contributed by atoms with E-state index >= 15 is 0 Å². The summed E-state index contributed by atoms with van der Waals surface area (Å²) in [5.41, 5.74) is 7.71. The Morgan fingerprint density at radius 1 is 1.57 bits per heavy atom. The molecule has 0 aromatic carbocycles. The molecular weight excluding hydrogens is 178 g/mol. The van der Waals surface area contributed by atoms with E-state index in [1.54, 1.807) is 18.4 Å². The van der Waals surface area contributed by atoms with Gasteiger partial charge in [0.25, 0.3) is 0 Å². The molecule has 0 spiro atoms. The van der Waals surface area contributed by atoms with E-state index in [4.69, 9.17) is 10.6 Å². The molecule has 1 heterocycles. The zero-order valence-corrected chi connectivity index (χ0v) is 8.95. The molecule has 0 aliphatic rings. The van der Waals surface area contributed by atoms with Gasteiger partial charge in [-0.15, -0.1) is 0 Å². The fourth-order valence-electron chi connectivity index (χ4n) is 1.36. The number of hydroxylamine groups is 1. The van der Waals surface area contributed by atoms with Gasteiger partial charge < -0.3 is 5.73 Å². The van der Waals surface area contributed by atoms with Crippen molar-refractivity contribution < 1.29 is 4.84 Å². The minimum Gasteiger partial charge on any atom is -0.398 e. The van der Waals surface area contributed by atoms with Gasteiger partial charge in [0.05, 0.1) is 7.11 Å². The van der Waals surface area contributed by atoms with Crippen LogP contribution in [0.3, 0.4) is 0 Å². The summed E-state index contributed by atoms with van der Waals surface area (Å²) in [4.78, 5) is 9.34. The van der Waals surface area contributed by atoms with Crippen LogP contribution in [-0.4, -0.2) is 19.1 Å². The summed E-state index contributed by atoms with van der Waals surface area (Å²) >= 11 is 0. The first kappa shape index (κ1) is 10.8. The molecule has 4 nitrogen and oxygen atoms in total. The summed E-state index contributed by atoms with van der Waals surface area (Å²) in [5, 5.41) is 1.63. The molecule has 1 aromatic heterocycles. The lowest BCUT2D eigenvalue weighted by molar-refractivity contribution is 0.182. The van der Waals surface area contributed by atoms with Crippen LogP contribution >= 0.6 is 0 Å². The van der Waals surface area contributed by atoms with Gasteiger partial charge in [0.15, 0.2) is 5.82 Å². The number of hydrogen-bond acceptors (Lipinski definition) is 4. The van der Waals surface area contributed by atoms with Gasteiger partial charge in [-0.1, -0.05) is 13.3 Å². The Hall–Kier alpha value is -1.29. The summed E-state index contributed by atoms with van der Waals surface area (Å²) in [6.45, 7) is 2.11. The molecule has 78 valence electrons. The predicted molar refractivity (Wildman–Crippen MR) is 58.1 cm³/mol. The van der Waals surface area contributed by atoms with Crippen LogP contribution in [0, 0.1) is 0 Å². The average Bonchev–Trinajstić information content (AvgIpc) is 2.20. The first-order chi connectivity index (χ1) is 6.70. The van der Waals surface area contributed by atoms with E-state index in [2.05, 4.69) is 11.9 Å². The second-order valence-corrected chi connectivity index (χ2v) is 3.13. The highest BCUT2D eigenvalue weighted by Gasteiger charge is 2.10. The highest BCUT2D eigenvalue weighted by molar-refractivity contribution is 5.59. The van der Waals surface area contributed by atoms with Crippen molar-refractivity contribution in [2.24, 2.45) is 0 Å². The van der Waals surface area contributed by atoms with Crippen molar-refractivity contribution in [1.82, 2.24) is 4.98 Å². The third-order valence-corrected chi connectivity index (χ3v) is 2.14. The predicted octanol–water partition coefficient (Wildman–Crippen LogP) is 1.61. The molecular formula is C10H17N3O. The third-order valence-electron chi connectivity index (χ3n) is 2.14. The smallest absolute Gasteiger partial charge is 0.157 e. The van der Waals surface area contributed by atoms with E-state index in [0.717, 1.165) is 29.9 Å². The van der Waals surface area contributed by atoms with Crippen molar-refractivity contribution in [2.45, 2.75) is 19.8 Å². The molecule has 0 amide bonds. The Morgan fingerprint density at radius 2 is 2.29 bits per heavy atom. The highest BCUT2D eigenvalue weighted by Crippen LogP contribution is 2.23. The van der Waals surface area contributed by atoms with E-state index in [9.17, 15) is 0 Å². The van der Waals surface area contributed by atoms with Gasteiger partial charge in [-0.05, 0) is 12.5 Å². The van der Waals surface area contributed by atoms with Gasteiger partial charge in [-0.25, -0.2) is 10.0 Å². The van der Waals surface area contributed by atoms with E-state index < -0.39 is 0 Å². The van der Waals surface area contributed by atoms with Gasteiger partial charge in [-0.3, -0.25) is 4.84 Å². The van der Waals surface area contributed by atoms with Gasteiger partial charge in [0.1, 0.15) is 0 Å². The van der Waals surface area contributed by atoms with E-state index in [0.29, 0.717) is 0 Å². The summed E-state index contributed by atoms with van der Waals surface area (Å²) in [6.07, 6.45) is 3.66. The maximum Gasteiger partial charge on any atom is 0.157 e. The minimum atomic E-state index is 0.778. The monoisotopic (exact) mass is 195 g/mol. The number of anilines is 2. The molecule has 0 saturated carbocycles. The van der Waals surface area contributed by atoms with E-state index in [1.807, 2.05) is 13.1 Å². The molecule has 0 aliphatic carbocycles. The second-order valence-electron chi connectivity index (χ2n) is 3.13. The number of pyridine rings is 1. The number of rotatable bonds is 4. The topological polar surface area (TPSA) is 51.4 Å². The lowest BCUT2D eigenvalue weighted by Gasteiger charge is -2.19. The standard InChI is InChI=1S/C10H17N3O/c1-4-5-8-9(11)6-7-12-10(8)13(2)14-3/h6-7H,4-5H2,1-3H3,(H2,11,12). The normalized spacial score (nSPS) is 10.2. The molecule has 1 aromatic rings. The largest absolute Gasteiger partial charge is 0.398 e. The van der Waals surface area contributed by atoms with Crippen LogP contribution in [0.4, 0.5) is 11.5 Å². The molecule has 2 N–H and O–H groups in total. The maximum atomic E-state index is 5.88. The van der Waals surface area contributed by atoms with Gasteiger partial charge in [-0.2, -0.15) is 0 Å². The fraction of sp³-hybridized carbons (Fsp3) is 0.500. The minimum absolute atomic E-state index is 0.778. The Bertz CT molecular complexity index is 301. The van der Waals surface area contributed by atoms with Crippen molar-refractivity contribution >= 4 is 11.5 Å². The summed E-state index contributed by atoms with van der Waals surface area (Å²) in [5.74, 6) is 0.800. The number of nitrogens with zero attached hydrogens (tertiary/aromatic N) is 2. The summed E-state index contributed by atoms with van der Waals surface area (Å²) < 4.78 is 0. The van der Waals surface area contributed by atoms with Crippen LogP contribution in [0.1, 0.15) is 18.9 Å². The average molecular weight is 195 g/mol. The second kappa shape index (κ2) is 4.81. The fourth-order valence-corrected chi connectivity index (χ4v) is 1.36. The first-order valence-electron chi connectivity index (χ1n) is 4.71. The van der Waals surface area contributed by atoms with Crippen molar-refractivity contribution in [3.05, 3.63) is 17.8 Å². The lowest BCUT2D eigenvalue weighted by atomic mass is 10.1. The zero-order chi connectivity index (χ0) is 10.6. The molecule has 0 atom stereocenters. The Kier molecular flexibility index (Phi) is 3.71. The van der Waals surface area contributed by atoms with Crippen LogP contribution in [0.2, 0.25) is 0 Å². The van der Waals surface area contributed by atoms with Crippen LogP contribution < -0.4 is 10.8 Å². The summed E-state index contributed by atoms with van der Waals surface area (Å²) in [6, 6.07) is 1.82. The number of aromatic nitrogens is 1. The summed E-state index contributed by atoms with van der Waals surface area (Å²) in [7, 11) is 3.43. The Balaban J connectivity index is 3.07. The van der Waals surface area contributed by atoms with Gasteiger partial charge in [0.2, 0.25) is 0 Å². The quantitative estimate of drug-likeness (QED) is 0.742. The van der Waals surface area contributed by atoms with Crippen molar-refractivity contribution in [2.75, 3.05) is 25.0 Å². The molecule has 0 aliphatic heterocycles. The Labute approximate surface area is 84.6 Å².